The maximum Gasteiger partial charge on any atom is 0.408 e. The van der Waals surface area contributed by atoms with Crippen molar-refractivity contribution in [3.05, 3.63) is 89.5 Å². The highest BCUT2D eigenvalue weighted by Gasteiger charge is 2.25. The molecule has 3 N–H and O–H groups in total. The van der Waals surface area contributed by atoms with Crippen molar-refractivity contribution in [3.63, 3.8) is 0 Å². The summed E-state index contributed by atoms with van der Waals surface area (Å²) in [7, 11) is 0. The summed E-state index contributed by atoms with van der Waals surface area (Å²) in [6.45, 7) is 5.62. The van der Waals surface area contributed by atoms with Crippen molar-refractivity contribution < 1.29 is 19.4 Å². The maximum absolute atomic E-state index is 12.5. The summed E-state index contributed by atoms with van der Waals surface area (Å²) in [5, 5.41) is 15.4. The number of carbonyl (C=O) groups is 2. The molecule has 0 spiro atoms. The first kappa shape index (κ1) is 24.2. The molecule has 3 rings (SSSR count). The Morgan fingerprint density at radius 1 is 0.970 bits per heavy atom. The van der Waals surface area contributed by atoms with Crippen LogP contribution in [0.1, 0.15) is 48.4 Å². The van der Waals surface area contributed by atoms with Crippen molar-refractivity contribution in [2.75, 3.05) is 11.6 Å². The quantitative estimate of drug-likeness (QED) is 0.291. The standard InChI is InChI=1S/C26H28N2O4S/c1-17(32-25(31)28-26(2,3)20-13-15-21(33-4)16-14-20)18-9-11-19(12-10-18)24(30)27-22-7-5-6-8-23(22)29/h5-17,29H,1-4H3,(H,27,30)(H,28,31)/t17-/m1/s1. The summed E-state index contributed by atoms with van der Waals surface area (Å²) in [5.41, 5.74) is 1.90. The number of hydrogen-bond acceptors (Lipinski definition) is 5. The van der Waals surface area contributed by atoms with Gasteiger partial charge in [0, 0.05) is 10.5 Å². The maximum atomic E-state index is 12.5. The number of phenolic OH excluding ortho intramolecular Hbond substituents is 1. The molecule has 0 unspecified atom stereocenters. The molecular formula is C26H28N2O4S. The minimum atomic E-state index is -0.599. The molecule has 172 valence electrons. The van der Waals surface area contributed by atoms with E-state index in [9.17, 15) is 14.7 Å². The van der Waals surface area contributed by atoms with E-state index in [2.05, 4.69) is 10.6 Å². The molecule has 0 heterocycles. The second-order valence-corrected chi connectivity index (χ2v) is 9.00. The molecule has 0 aliphatic heterocycles. The van der Waals surface area contributed by atoms with Gasteiger partial charge in [0.2, 0.25) is 0 Å². The molecule has 6 nitrogen and oxygen atoms in total. The van der Waals surface area contributed by atoms with Crippen molar-refractivity contribution in [1.29, 1.82) is 0 Å². The van der Waals surface area contributed by atoms with Gasteiger partial charge in [-0.05, 0) is 74.6 Å². The molecule has 3 aromatic carbocycles. The highest BCUT2D eigenvalue weighted by Crippen LogP contribution is 2.25. The Morgan fingerprint density at radius 3 is 2.21 bits per heavy atom. The molecule has 0 aliphatic rings. The Morgan fingerprint density at radius 2 is 1.61 bits per heavy atom. The van der Waals surface area contributed by atoms with E-state index >= 15 is 0 Å². The van der Waals surface area contributed by atoms with Crippen molar-refractivity contribution in [3.8, 4) is 5.75 Å². The van der Waals surface area contributed by atoms with Gasteiger partial charge in [0.05, 0.1) is 11.2 Å². The molecule has 7 heteroatoms. The van der Waals surface area contributed by atoms with Crippen LogP contribution in [0.4, 0.5) is 10.5 Å². The van der Waals surface area contributed by atoms with Crippen LogP contribution in [0.3, 0.4) is 0 Å². The fraction of sp³-hybridized carbons (Fsp3) is 0.231. The number of phenols is 1. The first-order valence-electron chi connectivity index (χ1n) is 10.5. The third-order valence-corrected chi connectivity index (χ3v) is 6.05. The number of alkyl carbamates (subject to hydrolysis) is 1. The van der Waals surface area contributed by atoms with Crippen LogP contribution in [0.2, 0.25) is 0 Å². The number of rotatable bonds is 7. The lowest BCUT2D eigenvalue weighted by molar-refractivity contribution is 0.0979. The highest BCUT2D eigenvalue weighted by atomic mass is 32.2. The molecule has 2 amide bonds. The molecule has 0 bridgehead atoms. The number of thioether (sulfide) groups is 1. The fourth-order valence-electron chi connectivity index (χ4n) is 3.27. The first-order chi connectivity index (χ1) is 15.7. The Bertz CT molecular complexity index is 1110. The molecule has 0 saturated carbocycles. The molecule has 1 atom stereocenters. The minimum Gasteiger partial charge on any atom is -0.506 e. The smallest absolute Gasteiger partial charge is 0.408 e. The highest BCUT2D eigenvalue weighted by molar-refractivity contribution is 7.98. The Balaban J connectivity index is 1.59. The van der Waals surface area contributed by atoms with E-state index in [1.54, 1.807) is 61.2 Å². The van der Waals surface area contributed by atoms with Crippen LogP contribution < -0.4 is 10.6 Å². The van der Waals surface area contributed by atoms with Gasteiger partial charge in [-0.1, -0.05) is 36.4 Å². The zero-order valence-corrected chi connectivity index (χ0v) is 19.9. The lowest BCUT2D eigenvalue weighted by Gasteiger charge is -2.27. The summed E-state index contributed by atoms with van der Waals surface area (Å²) >= 11 is 1.66. The van der Waals surface area contributed by atoms with E-state index < -0.39 is 17.7 Å². The van der Waals surface area contributed by atoms with Crippen molar-refractivity contribution in [2.24, 2.45) is 0 Å². The number of ether oxygens (including phenoxy) is 1. The molecule has 0 aliphatic carbocycles. The van der Waals surface area contributed by atoms with Crippen LogP contribution in [-0.2, 0) is 10.3 Å². The predicted octanol–water partition coefficient (Wildman–Crippen LogP) is 6.09. The molecule has 3 aromatic rings. The SMILES string of the molecule is CSc1ccc(C(C)(C)NC(=O)O[C@H](C)c2ccc(C(=O)Nc3ccccc3O)cc2)cc1. The summed E-state index contributed by atoms with van der Waals surface area (Å²) < 4.78 is 5.56. The zero-order valence-electron chi connectivity index (χ0n) is 19.1. The van der Waals surface area contributed by atoms with Gasteiger partial charge in [0.25, 0.3) is 5.91 Å². The number of nitrogens with one attached hydrogen (secondary N) is 2. The Hall–Kier alpha value is -3.45. The van der Waals surface area contributed by atoms with Crippen LogP contribution >= 0.6 is 11.8 Å². The molecule has 0 radical (unpaired) electrons. The van der Waals surface area contributed by atoms with Crippen LogP contribution in [-0.4, -0.2) is 23.4 Å². The van der Waals surface area contributed by atoms with Crippen molar-refractivity contribution >= 4 is 29.4 Å². The van der Waals surface area contributed by atoms with E-state index in [-0.39, 0.29) is 11.7 Å². The molecule has 0 fully saturated rings. The van der Waals surface area contributed by atoms with Gasteiger partial charge < -0.3 is 20.5 Å². The van der Waals surface area contributed by atoms with E-state index in [1.165, 1.54) is 6.07 Å². The van der Waals surface area contributed by atoms with Gasteiger partial charge in [-0.25, -0.2) is 4.79 Å². The average Bonchev–Trinajstić information content (AvgIpc) is 2.80. The summed E-state index contributed by atoms with van der Waals surface area (Å²) in [4.78, 5) is 26.1. The number of anilines is 1. The van der Waals surface area contributed by atoms with Gasteiger partial charge >= 0.3 is 6.09 Å². The number of benzene rings is 3. The summed E-state index contributed by atoms with van der Waals surface area (Å²) in [5.74, 6) is -0.345. The summed E-state index contributed by atoms with van der Waals surface area (Å²) in [6, 6.07) is 21.3. The Labute approximate surface area is 198 Å². The lowest BCUT2D eigenvalue weighted by atomic mass is 9.95. The second kappa shape index (κ2) is 10.4. The van der Waals surface area contributed by atoms with Crippen molar-refractivity contribution in [2.45, 2.75) is 37.3 Å². The summed E-state index contributed by atoms with van der Waals surface area (Å²) in [6.07, 6.45) is 0.988. The van der Waals surface area contributed by atoms with Gasteiger partial charge in [0.15, 0.2) is 0 Å². The number of amides is 2. The molecule has 0 saturated heterocycles. The third kappa shape index (κ3) is 6.29. The van der Waals surface area contributed by atoms with Crippen LogP contribution in [0.25, 0.3) is 0 Å². The van der Waals surface area contributed by atoms with Gasteiger partial charge in [0.1, 0.15) is 11.9 Å². The van der Waals surface area contributed by atoms with Crippen LogP contribution in [0.5, 0.6) is 5.75 Å². The third-order valence-electron chi connectivity index (χ3n) is 5.30. The molecule has 0 aromatic heterocycles. The van der Waals surface area contributed by atoms with E-state index in [1.807, 2.05) is 44.4 Å². The van der Waals surface area contributed by atoms with Crippen LogP contribution in [0, 0.1) is 0 Å². The lowest BCUT2D eigenvalue weighted by Crippen LogP contribution is -2.41. The number of aromatic hydroxyl groups is 1. The van der Waals surface area contributed by atoms with Crippen LogP contribution in [0.15, 0.2) is 77.7 Å². The number of para-hydroxylation sites is 2. The van der Waals surface area contributed by atoms with E-state index in [4.69, 9.17) is 4.74 Å². The molecule has 33 heavy (non-hydrogen) atoms. The minimum absolute atomic E-state index is 0.00127. The second-order valence-electron chi connectivity index (χ2n) is 8.12. The van der Waals surface area contributed by atoms with Gasteiger partial charge in [-0.2, -0.15) is 0 Å². The largest absolute Gasteiger partial charge is 0.506 e. The zero-order chi connectivity index (χ0) is 24.0. The first-order valence-corrected chi connectivity index (χ1v) is 11.7. The normalized spacial score (nSPS) is 12.0. The Kier molecular flexibility index (Phi) is 7.66. The topological polar surface area (TPSA) is 87.7 Å². The average molecular weight is 465 g/mol. The van der Waals surface area contributed by atoms with E-state index in [0.29, 0.717) is 11.3 Å². The van der Waals surface area contributed by atoms with Gasteiger partial charge in [-0.3, -0.25) is 4.79 Å². The van der Waals surface area contributed by atoms with Crippen molar-refractivity contribution in [1.82, 2.24) is 5.32 Å². The number of hydrogen-bond donors (Lipinski definition) is 3. The molecular weight excluding hydrogens is 436 g/mol. The number of carbonyl (C=O) groups excluding carboxylic acids is 2. The fourth-order valence-corrected chi connectivity index (χ4v) is 3.68. The predicted molar refractivity (Wildman–Crippen MR) is 132 cm³/mol. The van der Waals surface area contributed by atoms with Gasteiger partial charge in [-0.15, -0.1) is 11.8 Å². The van der Waals surface area contributed by atoms with E-state index in [0.717, 1.165) is 16.0 Å². The monoisotopic (exact) mass is 464 g/mol.